The summed E-state index contributed by atoms with van der Waals surface area (Å²) in [4.78, 5) is 3.65. The Morgan fingerprint density at radius 1 is 1.03 bits per heavy atom. The summed E-state index contributed by atoms with van der Waals surface area (Å²) >= 11 is 0. The number of H-pyrrole nitrogens is 1. The van der Waals surface area contributed by atoms with Gasteiger partial charge in [-0.15, -0.1) is 0 Å². The molecule has 2 N–H and O–H groups in total. The van der Waals surface area contributed by atoms with Gasteiger partial charge in [-0.1, -0.05) is 43.2 Å². The summed E-state index contributed by atoms with van der Waals surface area (Å²) in [5, 5.41) is 5.02. The zero-order chi connectivity index (χ0) is 20.1. The van der Waals surface area contributed by atoms with Crippen LogP contribution in [0.4, 0.5) is 5.69 Å². The van der Waals surface area contributed by atoms with Crippen molar-refractivity contribution in [1.82, 2.24) is 4.98 Å². The lowest BCUT2D eigenvalue weighted by molar-refractivity contribution is 0.0143. The molecule has 2 aromatic carbocycles. The van der Waals surface area contributed by atoms with E-state index in [-0.39, 0.29) is 6.10 Å². The van der Waals surface area contributed by atoms with Crippen molar-refractivity contribution >= 4 is 16.6 Å². The first-order chi connectivity index (χ1) is 14.2. The molecule has 0 saturated heterocycles. The van der Waals surface area contributed by atoms with Crippen LogP contribution in [0.1, 0.15) is 45.1 Å². The Labute approximate surface area is 173 Å². The second-order valence-electron chi connectivity index (χ2n) is 8.25. The molecule has 1 aromatic heterocycles. The molecule has 1 fully saturated rings. The largest absolute Gasteiger partial charge is 0.381 e. The van der Waals surface area contributed by atoms with Crippen LogP contribution in [0, 0.1) is 0 Å². The molecule has 0 aliphatic heterocycles. The lowest BCUT2D eigenvalue weighted by atomic mass is 10.1. The van der Waals surface area contributed by atoms with Crippen molar-refractivity contribution in [3.05, 3.63) is 54.1 Å². The third-order valence-corrected chi connectivity index (χ3v) is 5.54. The third-order valence-electron chi connectivity index (χ3n) is 5.54. The van der Waals surface area contributed by atoms with E-state index >= 15 is 0 Å². The van der Waals surface area contributed by atoms with Crippen molar-refractivity contribution in [3.63, 3.8) is 0 Å². The van der Waals surface area contributed by atoms with Crippen LogP contribution in [0.5, 0.6) is 0 Å². The van der Waals surface area contributed by atoms with Crippen LogP contribution in [-0.4, -0.2) is 30.3 Å². The lowest BCUT2D eigenvalue weighted by Crippen LogP contribution is -2.15. The number of aromatic nitrogens is 1. The highest BCUT2D eigenvalue weighted by Crippen LogP contribution is 2.32. The maximum Gasteiger partial charge on any atom is 0.0719 e. The topological polar surface area (TPSA) is 46.3 Å². The van der Waals surface area contributed by atoms with Gasteiger partial charge in [-0.2, -0.15) is 0 Å². The van der Waals surface area contributed by atoms with Crippen LogP contribution in [0.15, 0.2) is 48.5 Å². The molecule has 4 rings (SSSR count). The molecule has 1 aliphatic rings. The van der Waals surface area contributed by atoms with Gasteiger partial charge < -0.3 is 19.8 Å². The Morgan fingerprint density at radius 2 is 1.83 bits per heavy atom. The summed E-state index contributed by atoms with van der Waals surface area (Å²) < 4.78 is 11.4. The van der Waals surface area contributed by atoms with Crippen molar-refractivity contribution in [1.29, 1.82) is 0 Å². The van der Waals surface area contributed by atoms with Gasteiger partial charge in [-0.25, -0.2) is 0 Å². The third kappa shape index (κ3) is 5.20. The summed E-state index contributed by atoms with van der Waals surface area (Å²) in [7, 11) is 0. The zero-order valence-electron chi connectivity index (χ0n) is 17.5. The molecule has 1 saturated carbocycles. The fourth-order valence-electron chi connectivity index (χ4n) is 4.10. The number of rotatable bonds is 9. The van der Waals surface area contributed by atoms with E-state index in [0.717, 1.165) is 5.69 Å². The van der Waals surface area contributed by atoms with Gasteiger partial charge in [-0.05, 0) is 56.0 Å². The van der Waals surface area contributed by atoms with Gasteiger partial charge in [0.25, 0.3) is 0 Å². The number of hydrogen-bond donors (Lipinski definition) is 2. The maximum absolute atomic E-state index is 5.87. The molecule has 154 valence electrons. The maximum atomic E-state index is 5.87. The van der Waals surface area contributed by atoms with Gasteiger partial charge in [0.1, 0.15) is 0 Å². The Balaban J connectivity index is 1.57. The second kappa shape index (κ2) is 9.47. The highest BCUT2D eigenvalue weighted by atomic mass is 16.5. The molecular weight excluding hydrogens is 360 g/mol. The standard InChI is InChI=1S/C25H32N2O2/c1-18(2)29-13-12-28-17-19-14-21-16-23(20-8-4-3-5-9-20)27-25(21)24(15-19)26-22-10-6-7-11-22/h3-5,8-9,14-16,18,22,26-27H,6-7,10-13,17H2,1-2H3. The van der Waals surface area contributed by atoms with Crippen molar-refractivity contribution < 1.29 is 9.47 Å². The highest BCUT2D eigenvalue weighted by molar-refractivity contribution is 5.95. The Kier molecular flexibility index (Phi) is 6.53. The Morgan fingerprint density at radius 3 is 2.59 bits per heavy atom. The number of aromatic amines is 1. The molecule has 1 aliphatic carbocycles. The van der Waals surface area contributed by atoms with Crippen LogP contribution in [0.3, 0.4) is 0 Å². The van der Waals surface area contributed by atoms with E-state index in [4.69, 9.17) is 9.47 Å². The van der Waals surface area contributed by atoms with E-state index in [1.54, 1.807) is 0 Å². The number of ether oxygens (including phenoxy) is 2. The number of benzene rings is 2. The van der Waals surface area contributed by atoms with E-state index in [9.17, 15) is 0 Å². The highest BCUT2D eigenvalue weighted by Gasteiger charge is 2.17. The van der Waals surface area contributed by atoms with Gasteiger partial charge in [0.05, 0.1) is 37.1 Å². The van der Waals surface area contributed by atoms with E-state index in [0.29, 0.717) is 25.9 Å². The average Bonchev–Trinajstić information content (AvgIpc) is 3.38. The second-order valence-corrected chi connectivity index (χ2v) is 8.25. The molecule has 0 atom stereocenters. The SMILES string of the molecule is CC(C)OCCOCc1cc(NC2CCCC2)c2[nH]c(-c3ccccc3)cc2c1. The van der Waals surface area contributed by atoms with Gasteiger partial charge in [0.2, 0.25) is 0 Å². The van der Waals surface area contributed by atoms with Crippen LogP contribution >= 0.6 is 0 Å². The van der Waals surface area contributed by atoms with E-state index in [2.05, 4.69) is 58.8 Å². The quantitative estimate of drug-likeness (QED) is 0.431. The predicted molar refractivity (Wildman–Crippen MR) is 120 cm³/mol. The minimum absolute atomic E-state index is 0.244. The van der Waals surface area contributed by atoms with E-state index in [1.165, 1.54) is 53.4 Å². The molecule has 29 heavy (non-hydrogen) atoms. The first-order valence-electron chi connectivity index (χ1n) is 10.9. The fourth-order valence-corrected chi connectivity index (χ4v) is 4.10. The van der Waals surface area contributed by atoms with Crippen molar-refractivity contribution in [2.75, 3.05) is 18.5 Å². The van der Waals surface area contributed by atoms with Crippen molar-refractivity contribution in [3.8, 4) is 11.3 Å². The van der Waals surface area contributed by atoms with Gasteiger partial charge in [-0.3, -0.25) is 0 Å². The Hall–Kier alpha value is -2.30. The molecule has 0 spiro atoms. The summed E-state index contributed by atoms with van der Waals surface area (Å²) in [5.41, 5.74) is 5.93. The molecule has 1 heterocycles. The van der Waals surface area contributed by atoms with Gasteiger partial charge in [0.15, 0.2) is 0 Å². The summed E-state index contributed by atoms with van der Waals surface area (Å²) in [6, 6.07) is 17.8. The molecule has 3 aromatic rings. The number of anilines is 1. The number of nitrogens with one attached hydrogen (secondary N) is 2. The van der Waals surface area contributed by atoms with Gasteiger partial charge >= 0.3 is 0 Å². The fraction of sp³-hybridized carbons (Fsp3) is 0.440. The number of hydrogen-bond acceptors (Lipinski definition) is 3. The predicted octanol–water partition coefficient (Wildman–Crippen LogP) is 6.13. The van der Waals surface area contributed by atoms with Crippen molar-refractivity contribution in [2.45, 2.75) is 58.3 Å². The molecule has 4 nitrogen and oxygen atoms in total. The molecule has 0 radical (unpaired) electrons. The smallest absolute Gasteiger partial charge is 0.0719 e. The minimum Gasteiger partial charge on any atom is -0.381 e. The first kappa shape index (κ1) is 20.0. The van der Waals surface area contributed by atoms with Crippen LogP contribution < -0.4 is 5.32 Å². The normalized spacial score (nSPS) is 14.9. The van der Waals surface area contributed by atoms with Crippen LogP contribution in [0.2, 0.25) is 0 Å². The molecule has 0 bridgehead atoms. The average molecular weight is 393 g/mol. The monoisotopic (exact) mass is 392 g/mol. The first-order valence-corrected chi connectivity index (χ1v) is 10.9. The van der Waals surface area contributed by atoms with Crippen LogP contribution in [-0.2, 0) is 16.1 Å². The lowest BCUT2D eigenvalue weighted by Gasteiger charge is -2.16. The molecule has 4 heteroatoms. The Bertz CT molecular complexity index is 911. The molecular formula is C25H32N2O2. The summed E-state index contributed by atoms with van der Waals surface area (Å²) in [6.45, 7) is 5.94. The number of fused-ring (bicyclic) bond motifs is 1. The van der Waals surface area contributed by atoms with Gasteiger partial charge in [0, 0.05) is 17.1 Å². The molecule has 0 amide bonds. The van der Waals surface area contributed by atoms with Crippen molar-refractivity contribution in [2.24, 2.45) is 0 Å². The van der Waals surface area contributed by atoms with E-state index in [1.807, 2.05) is 13.8 Å². The zero-order valence-corrected chi connectivity index (χ0v) is 17.5. The summed E-state index contributed by atoms with van der Waals surface area (Å²) in [6.07, 6.45) is 5.38. The minimum atomic E-state index is 0.244. The summed E-state index contributed by atoms with van der Waals surface area (Å²) in [5.74, 6) is 0. The van der Waals surface area contributed by atoms with E-state index < -0.39 is 0 Å². The van der Waals surface area contributed by atoms with Crippen LogP contribution in [0.25, 0.3) is 22.2 Å². The molecule has 0 unspecified atom stereocenters.